The summed E-state index contributed by atoms with van der Waals surface area (Å²) in [6, 6.07) is 5.12. The van der Waals surface area contributed by atoms with Gasteiger partial charge in [-0.1, -0.05) is 0 Å². The number of nitrogen functional groups attached to an aromatic ring is 1. The number of nitrogens with one attached hydrogen (secondary N) is 1. The van der Waals surface area contributed by atoms with E-state index in [0.717, 1.165) is 13.0 Å². The van der Waals surface area contributed by atoms with Crippen LogP contribution in [0.1, 0.15) is 37.6 Å². The molecule has 3 N–H and O–H groups in total. The summed E-state index contributed by atoms with van der Waals surface area (Å²) in [6.45, 7) is 7.36. The first kappa shape index (κ1) is 17.3. The van der Waals surface area contributed by atoms with Gasteiger partial charge in [0.1, 0.15) is 5.75 Å². The standard InChI is InChI=1S/C16H27N3O2/c1-16(2,3)18-15(20)12-7-8-13(17)14(11-12)21-10-6-9-19(4)5/h7-8,11H,6,9-10,17H2,1-5H3,(H,18,20). The van der Waals surface area contributed by atoms with Crippen LogP contribution < -0.4 is 15.8 Å². The predicted molar refractivity (Wildman–Crippen MR) is 86.7 cm³/mol. The molecule has 0 aliphatic heterocycles. The monoisotopic (exact) mass is 293 g/mol. The normalized spacial score (nSPS) is 11.5. The molecule has 0 fully saturated rings. The van der Waals surface area contributed by atoms with Gasteiger partial charge in [-0.2, -0.15) is 0 Å². The summed E-state index contributed by atoms with van der Waals surface area (Å²) >= 11 is 0. The average molecular weight is 293 g/mol. The van der Waals surface area contributed by atoms with E-state index >= 15 is 0 Å². The van der Waals surface area contributed by atoms with Gasteiger partial charge in [-0.05, 0) is 59.5 Å². The van der Waals surface area contributed by atoms with Gasteiger partial charge in [0, 0.05) is 17.6 Å². The lowest BCUT2D eigenvalue weighted by Crippen LogP contribution is -2.40. The minimum Gasteiger partial charge on any atom is -0.491 e. The molecule has 0 atom stereocenters. The molecule has 5 nitrogen and oxygen atoms in total. The summed E-state index contributed by atoms with van der Waals surface area (Å²) < 4.78 is 5.68. The van der Waals surface area contributed by atoms with Gasteiger partial charge in [-0.25, -0.2) is 0 Å². The fourth-order valence-corrected chi connectivity index (χ4v) is 1.78. The molecular formula is C16H27N3O2. The summed E-state index contributed by atoms with van der Waals surface area (Å²) in [6.07, 6.45) is 0.908. The first-order chi connectivity index (χ1) is 9.69. The minimum absolute atomic E-state index is 0.124. The SMILES string of the molecule is CN(C)CCCOc1cc(C(=O)NC(C)(C)C)ccc1N. The van der Waals surface area contributed by atoms with Crippen LogP contribution in [0.25, 0.3) is 0 Å². The number of benzene rings is 1. The van der Waals surface area contributed by atoms with Crippen molar-refractivity contribution in [3.05, 3.63) is 23.8 Å². The maximum atomic E-state index is 12.1. The lowest BCUT2D eigenvalue weighted by Gasteiger charge is -2.21. The Balaban J connectivity index is 2.69. The Kier molecular flexibility index (Phi) is 6.03. The number of rotatable bonds is 6. The lowest BCUT2D eigenvalue weighted by atomic mass is 10.1. The largest absolute Gasteiger partial charge is 0.491 e. The third kappa shape index (κ3) is 6.49. The highest BCUT2D eigenvalue weighted by Crippen LogP contribution is 2.23. The molecule has 0 spiro atoms. The number of amides is 1. The van der Waals surface area contributed by atoms with E-state index in [4.69, 9.17) is 10.5 Å². The Morgan fingerprint density at radius 3 is 2.57 bits per heavy atom. The summed E-state index contributed by atoms with van der Waals surface area (Å²) in [4.78, 5) is 14.2. The minimum atomic E-state index is -0.273. The van der Waals surface area contributed by atoms with E-state index in [1.807, 2.05) is 34.9 Å². The number of anilines is 1. The average Bonchev–Trinajstić information content (AvgIpc) is 2.34. The van der Waals surface area contributed by atoms with E-state index < -0.39 is 0 Å². The van der Waals surface area contributed by atoms with Crippen molar-refractivity contribution in [1.82, 2.24) is 10.2 Å². The van der Waals surface area contributed by atoms with Gasteiger partial charge in [-0.3, -0.25) is 4.79 Å². The van der Waals surface area contributed by atoms with Gasteiger partial charge in [0.25, 0.3) is 5.91 Å². The number of carbonyl (C=O) groups is 1. The molecule has 0 bridgehead atoms. The van der Waals surface area contributed by atoms with Crippen LogP contribution in [0, 0.1) is 0 Å². The highest BCUT2D eigenvalue weighted by Gasteiger charge is 2.16. The van der Waals surface area contributed by atoms with Crippen molar-refractivity contribution in [3.63, 3.8) is 0 Å². The molecule has 1 rings (SSSR count). The lowest BCUT2D eigenvalue weighted by molar-refractivity contribution is 0.0919. The van der Waals surface area contributed by atoms with Crippen LogP contribution in [0.4, 0.5) is 5.69 Å². The maximum Gasteiger partial charge on any atom is 0.251 e. The molecule has 0 saturated carbocycles. The molecule has 0 unspecified atom stereocenters. The topological polar surface area (TPSA) is 67.6 Å². The summed E-state index contributed by atoms with van der Waals surface area (Å²) in [7, 11) is 4.04. The molecular weight excluding hydrogens is 266 g/mol. The fraction of sp³-hybridized carbons (Fsp3) is 0.562. The molecule has 118 valence electrons. The third-order valence-electron chi connectivity index (χ3n) is 2.77. The number of hydrogen-bond donors (Lipinski definition) is 2. The van der Waals surface area contributed by atoms with Crippen LogP contribution in [0.15, 0.2) is 18.2 Å². The summed E-state index contributed by atoms with van der Waals surface area (Å²) in [5.74, 6) is 0.441. The number of ether oxygens (including phenoxy) is 1. The van der Waals surface area contributed by atoms with Crippen LogP contribution in [0.2, 0.25) is 0 Å². The van der Waals surface area contributed by atoms with Crippen LogP contribution in [0.3, 0.4) is 0 Å². The molecule has 5 heteroatoms. The number of nitrogens with zero attached hydrogens (tertiary/aromatic N) is 1. The molecule has 1 amide bonds. The number of hydrogen-bond acceptors (Lipinski definition) is 4. The van der Waals surface area contributed by atoms with Crippen molar-refractivity contribution in [3.8, 4) is 5.75 Å². The summed E-state index contributed by atoms with van der Waals surface area (Å²) in [5.41, 5.74) is 6.72. The van der Waals surface area contributed by atoms with Gasteiger partial charge in [-0.15, -0.1) is 0 Å². The third-order valence-corrected chi connectivity index (χ3v) is 2.77. The second kappa shape index (κ2) is 7.31. The zero-order chi connectivity index (χ0) is 16.0. The van der Waals surface area contributed by atoms with Gasteiger partial charge in [0.15, 0.2) is 0 Å². The number of carbonyl (C=O) groups excluding carboxylic acids is 1. The Morgan fingerprint density at radius 2 is 2.00 bits per heavy atom. The molecule has 0 saturated heterocycles. The number of nitrogens with two attached hydrogens (primary N) is 1. The fourth-order valence-electron chi connectivity index (χ4n) is 1.78. The van der Waals surface area contributed by atoms with E-state index in [1.54, 1.807) is 18.2 Å². The molecule has 0 radical (unpaired) electrons. The van der Waals surface area contributed by atoms with Crippen molar-refractivity contribution in [1.29, 1.82) is 0 Å². The Morgan fingerprint density at radius 1 is 1.33 bits per heavy atom. The van der Waals surface area contributed by atoms with Crippen molar-refractivity contribution in [2.24, 2.45) is 0 Å². The van der Waals surface area contributed by atoms with Gasteiger partial charge in [0.05, 0.1) is 12.3 Å². The molecule has 0 aliphatic carbocycles. The zero-order valence-corrected chi connectivity index (χ0v) is 13.7. The predicted octanol–water partition coefficient (Wildman–Crippen LogP) is 2.13. The van der Waals surface area contributed by atoms with Crippen molar-refractivity contribution >= 4 is 11.6 Å². The zero-order valence-electron chi connectivity index (χ0n) is 13.7. The van der Waals surface area contributed by atoms with Crippen LogP contribution in [-0.4, -0.2) is 43.6 Å². The smallest absolute Gasteiger partial charge is 0.251 e. The quantitative estimate of drug-likeness (QED) is 0.623. The van der Waals surface area contributed by atoms with Crippen molar-refractivity contribution in [2.75, 3.05) is 33.0 Å². The Bertz CT molecular complexity index is 479. The molecule has 0 heterocycles. The Labute approximate surface area is 127 Å². The molecule has 0 aliphatic rings. The van der Waals surface area contributed by atoms with Crippen molar-refractivity contribution in [2.45, 2.75) is 32.7 Å². The van der Waals surface area contributed by atoms with Crippen molar-refractivity contribution < 1.29 is 9.53 Å². The highest BCUT2D eigenvalue weighted by molar-refractivity contribution is 5.95. The molecule has 0 aromatic heterocycles. The molecule has 1 aromatic carbocycles. The van der Waals surface area contributed by atoms with Gasteiger partial charge >= 0.3 is 0 Å². The van der Waals surface area contributed by atoms with E-state index in [9.17, 15) is 4.79 Å². The molecule has 21 heavy (non-hydrogen) atoms. The summed E-state index contributed by atoms with van der Waals surface area (Å²) in [5, 5.41) is 2.92. The second-order valence-electron chi connectivity index (χ2n) is 6.46. The van der Waals surface area contributed by atoms with Gasteiger partial charge < -0.3 is 20.7 Å². The van der Waals surface area contributed by atoms with Crippen LogP contribution >= 0.6 is 0 Å². The Hall–Kier alpha value is -1.75. The van der Waals surface area contributed by atoms with E-state index in [-0.39, 0.29) is 11.4 Å². The highest BCUT2D eigenvalue weighted by atomic mass is 16.5. The van der Waals surface area contributed by atoms with Crippen LogP contribution in [0.5, 0.6) is 5.75 Å². The van der Waals surface area contributed by atoms with E-state index in [2.05, 4.69) is 10.2 Å². The first-order valence-corrected chi connectivity index (χ1v) is 7.18. The van der Waals surface area contributed by atoms with E-state index in [0.29, 0.717) is 23.6 Å². The first-order valence-electron chi connectivity index (χ1n) is 7.18. The van der Waals surface area contributed by atoms with Gasteiger partial charge in [0.2, 0.25) is 0 Å². The van der Waals surface area contributed by atoms with Crippen LogP contribution in [-0.2, 0) is 0 Å². The van der Waals surface area contributed by atoms with E-state index in [1.165, 1.54) is 0 Å². The molecule has 1 aromatic rings. The maximum absolute atomic E-state index is 12.1. The second-order valence-corrected chi connectivity index (χ2v) is 6.46.